The third-order valence-corrected chi connectivity index (χ3v) is 2.99. The van der Waals surface area contributed by atoms with Crippen LogP contribution in [-0.4, -0.2) is 11.3 Å². The molecule has 108 valence electrons. The standard InChI is InChI=1S/C14H8ClF3N2O/c15-13-8-20-7-12(11(13)5-6-19)9-1-3-10(4-2-9)21-14(16,17)18/h1-4,7-8H,5H2. The van der Waals surface area contributed by atoms with Crippen LogP contribution in [0.1, 0.15) is 5.56 Å². The molecular formula is C14H8ClF3N2O. The van der Waals surface area contributed by atoms with Crippen molar-refractivity contribution in [3.63, 3.8) is 0 Å². The van der Waals surface area contributed by atoms with Gasteiger partial charge in [-0.05, 0) is 23.3 Å². The molecule has 2 aromatic rings. The second-order valence-electron chi connectivity index (χ2n) is 4.05. The summed E-state index contributed by atoms with van der Waals surface area (Å²) in [6.45, 7) is 0. The first kappa shape index (κ1) is 15.1. The van der Waals surface area contributed by atoms with E-state index >= 15 is 0 Å². The van der Waals surface area contributed by atoms with Crippen molar-refractivity contribution < 1.29 is 17.9 Å². The average molecular weight is 313 g/mol. The number of benzene rings is 1. The molecule has 0 saturated carbocycles. The van der Waals surface area contributed by atoms with Crippen LogP contribution in [0.25, 0.3) is 11.1 Å². The van der Waals surface area contributed by atoms with E-state index in [-0.39, 0.29) is 12.2 Å². The van der Waals surface area contributed by atoms with Crippen molar-refractivity contribution in [1.82, 2.24) is 4.98 Å². The fourth-order valence-corrected chi connectivity index (χ4v) is 2.03. The van der Waals surface area contributed by atoms with Crippen LogP contribution in [-0.2, 0) is 6.42 Å². The van der Waals surface area contributed by atoms with Crippen LogP contribution in [0, 0.1) is 11.3 Å². The number of hydrogen-bond donors (Lipinski definition) is 0. The molecule has 0 fully saturated rings. The molecule has 2 rings (SSSR count). The van der Waals surface area contributed by atoms with Crippen LogP contribution in [0.3, 0.4) is 0 Å². The van der Waals surface area contributed by atoms with Crippen molar-refractivity contribution in [2.45, 2.75) is 12.8 Å². The number of halogens is 4. The first-order valence-electron chi connectivity index (χ1n) is 5.76. The molecule has 0 spiro atoms. The van der Waals surface area contributed by atoms with Gasteiger partial charge in [0.1, 0.15) is 5.75 Å². The van der Waals surface area contributed by atoms with E-state index in [0.29, 0.717) is 21.7 Å². The Balaban J connectivity index is 2.36. The van der Waals surface area contributed by atoms with Crippen molar-refractivity contribution in [3.8, 4) is 22.9 Å². The van der Waals surface area contributed by atoms with Gasteiger partial charge in [-0.15, -0.1) is 13.2 Å². The molecule has 3 nitrogen and oxygen atoms in total. The lowest BCUT2D eigenvalue weighted by atomic mass is 10.0. The maximum Gasteiger partial charge on any atom is 0.573 e. The van der Waals surface area contributed by atoms with E-state index in [4.69, 9.17) is 16.9 Å². The highest BCUT2D eigenvalue weighted by atomic mass is 35.5. The summed E-state index contributed by atoms with van der Waals surface area (Å²) in [6, 6.07) is 7.29. The normalized spacial score (nSPS) is 11.0. The van der Waals surface area contributed by atoms with Crippen molar-refractivity contribution in [2.75, 3.05) is 0 Å². The van der Waals surface area contributed by atoms with Gasteiger partial charge in [0, 0.05) is 18.0 Å². The quantitative estimate of drug-likeness (QED) is 0.845. The number of rotatable bonds is 3. The molecule has 0 unspecified atom stereocenters. The Kier molecular flexibility index (Phi) is 4.34. The van der Waals surface area contributed by atoms with Gasteiger partial charge in [0.2, 0.25) is 0 Å². The minimum absolute atomic E-state index is 0.0808. The minimum Gasteiger partial charge on any atom is -0.406 e. The Morgan fingerprint density at radius 1 is 1.19 bits per heavy atom. The molecule has 21 heavy (non-hydrogen) atoms. The Morgan fingerprint density at radius 3 is 2.43 bits per heavy atom. The van der Waals surface area contributed by atoms with Gasteiger partial charge in [-0.25, -0.2) is 0 Å². The molecule has 0 amide bonds. The van der Waals surface area contributed by atoms with Crippen molar-refractivity contribution >= 4 is 11.6 Å². The smallest absolute Gasteiger partial charge is 0.406 e. The second kappa shape index (κ2) is 6.02. The van der Waals surface area contributed by atoms with E-state index in [0.717, 1.165) is 0 Å². The van der Waals surface area contributed by atoms with E-state index in [9.17, 15) is 13.2 Å². The van der Waals surface area contributed by atoms with Crippen LogP contribution in [0.2, 0.25) is 5.02 Å². The zero-order chi connectivity index (χ0) is 15.5. The van der Waals surface area contributed by atoms with Gasteiger partial charge in [0.15, 0.2) is 0 Å². The van der Waals surface area contributed by atoms with Crippen molar-refractivity contribution in [2.24, 2.45) is 0 Å². The lowest BCUT2D eigenvalue weighted by molar-refractivity contribution is -0.274. The summed E-state index contributed by atoms with van der Waals surface area (Å²) in [7, 11) is 0. The zero-order valence-electron chi connectivity index (χ0n) is 10.5. The zero-order valence-corrected chi connectivity index (χ0v) is 11.2. The number of aromatic nitrogens is 1. The Labute approximate surface area is 123 Å². The molecule has 0 atom stereocenters. The van der Waals surface area contributed by atoms with Gasteiger partial charge in [-0.1, -0.05) is 23.7 Å². The maximum absolute atomic E-state index is 12.1. The number of nitrogens with zero attached hydrogens (tertiary/aromatic N) is 2. The third kappa shape index (κ3) is 3.86. The van der Waals surface area contributed by atoms with E-state index in [1.165, 1.54) is 36.7 Å². The summed E-state index contributed by atoms with van der Waals surface area (Å²) < 4.78 is 40.1. The topological polar surface area (TPSA) is 45.9 Å². The van der Waals surface area contributed by atoms with Crippen molar-refractivity contribution in [3.05, 3.63) is 47.2 Å². The lowest BCUT2D eigenvalue weighted by Gasteiger charge is -2.11. The molecule has 0 aliphatic carbocycles. The Bertz CT molecular complexity index is 678. The Hall–Kier alpha value is -2.26. The van der Waals surface area contributed by atoms with Gasteiger partial charge in [-0.2, -0.15) is 5.26 Å². The predicted octanol–water partition coefficient (Wildman–Crippen LogP) is 4.37. The molecule has 0 aliphatic heterocycles. The third-order valence-electron chi connectivity index (χ3n) is 2.66. The second-order valence-corrected chi connectivity index (χ2v) is 4.46. The SMILES string of the molecule is N#CCc1c(Cl)cncc1-c1ccc(OC(F)(F)F)cc1. The molecule has 1 aromatic heterocycles. The number of alkyl halides is 3. The molecule has 0 bridgehead atoms. The van der Waals surface area contributed by atoms with Crippen LogP contribution in [0.5, 0.6) is 5.75 Å². The molecule has 0 N–H and O–H groups in total. The van der Waals surface area contributed by atoms with Gasteiger partial charge >= 0.3 is 6.36 Å². The van der Waals surface area contributed by atoms with Gasteiger partial charge < -0.3 is 4.74 Å². The average Bonchev–Trinajstić information content (AvgIpc) is 2.40. The lowest BCUT2D eigenvalue weighted by Crippen LogP contribution is -2.16. The molecule has 7 heteroatoms. The number of nitriles is 1. The summed E-state index contributed by atoms with van der Waals surface area (Å²) >= 11 is 5.99. The number of pyridine rings is 1. The molecule has 0 aliphatic rings. The van der Waals surface area contributed by atoms with E-state index in [1.54, 1.807) is 0 Å². The highest BCUT2D eigenvalue weighted by Gasteiger charge is 2.31. The fourth-order valence-electron chi connectivity index (χ4n) is 1.81. The minimum atomic E-state index is -4.73. The van der Waals surface area contributed by atoms with Crippen LogP contribution in [0.15, 0.2) is 36.7 Å². The van der Waals surface area contributed by atoms with E-state index in [1.807, 2.05) is 6.07 Å². The summed E-state index contributed by atoms with van der Waals surface area (Å²) in [4.78, 5) is 3.93. The summed E-state index contributed by atoms with van der Waals surface area (Å²) in [5.41, 5.74) is 1.78. The van der Waals surface area contributed by atoms with Gasteiger partial charge in [0.05, 0.1) is 17.5 Å². The number of ether oxygens (including phenoxy) is 1. The largest absolute Gasteiger partial charge is 0.573 e. The highest BCUT2D eigenvalue weighted by Crippen LogP contribution is 2.31. The molecular weight excluding hydrogens is 305 g/mol. The monoisotopic (exact) mass is 312 g/mol. The summed E-state index contributed by atoms with van der Waals surface area (Å²) in [5.74, 6) is -0.317. The van der Waals surface area contributed by atoms with Crippen LogP contribution >= 0.6 is 11.6 Å². The summed E-state index contributed by atoms with van der Waals surface area (Å²) in [6.07, 6.45) is -1.72. The first-order valence-corrected chi connectivity index (χ1v) is 6.14. The number of hydrogen-bond acceptors (Lipinski definition) is 3. The predicted molar refractivity (Wildman–Crippen MR) is 70.7 cm³/mol. The Morgan fingerprint density at radius 2 is 1.86 bits per heavy atom. The van der Waals surface area contributed by atoms with Crippen LogP contribution < -0.4 is 4.74 Å². The molecule has 0 saturated heterocycles. The van der Waals surface area contributed by atoms with Gasteiger partial charge in [0.25, 0.3) is 0 Å². The van der Waals surface area contributed by atoms with Crippen LogP contribution in [0.4, 0.5) is 13.2 Å². The maximum atomic E-state index is 12.1. The fraction of sp³-hybridized carbons (Fsp3) is 0.143. The summed E-state index contributed by atoms with van der Waals surface area (Å²) in [5, 5.41) is 9.15. The molecule has 1 aromatic carbocycles. The molecule has 0 radical (unpaired) electrons. The first-order chi connectivity index (χ1) is 9.90. The van der Waals surface area contributed by atoms with Gasteiger partial charge in [-0.3, -0.25) is 4.98 Å². The van der Waals surface area contributed by atoms with Crippen molar-refractivity contribution in [1.29, 1.82) is 5.26 Å². The van der Waals surface area contributed by atoms with E-state index < -0.39 is 6.36 Å². The van der Waals surface area contributed by atoms with E-state index in [2.05, 4.69) is 9.72 Å². The molecule has 1 heterocycles. The highest BCUT2D eigenvalue weighted by molar-refractivity contribution is 6.31.